The molecule has 4 heterocycles. The zero-order chi connectivity index (χ0) is 25.3. The number of aromatic nitrogens is 2. The van der Waals surface area contributed by atoms with E-state index in [4.69, 9.17) is 10.8 Å². The highest BCUT2D eigenvalue weighted by atomic mass is 32.2. The molecular formula is C21H19N5O6S3. The Labute approximate surface area is 211 Å². The molecule has 0 saturated carbocycles. The van der Waals surface area contributed by atoms with Crippen molar-refractivity contribution in [1.29, 1.82) is 0 Å². The van der Waals surface area contributed by atoms with Crippen LogP contribution in [0.1, 0.15) is 5.69 Å². The monoisotopic (exact) mass is 533 g/mol. The van der Waals surface area contributed by atoms with Gasteiger partial charge >= 0.3 is 5.97 Å². The number of β-lactam (4-membered cyclic amide) rings is 1. The second-order valence-electron chi connectivity index (χ2n) is 7.56. The minimum atomic E-state index is -1.46. The van der Waals surface area contributed by atoms with Crippen LogP contribution in [0.15, 0.2) is 52.1 Å². The summed E-state index contributed by atoms with van der Waals surface area (Å²) in [5.74, 6) is -3.59. The van der Waals surface area contributed by atoms with Crippen LogP contribution in [0.2, 0.25) is 0 Å². The zero-order valence-corrected chi connectivity index (χ0v) is 20.6. The second kappa shape index (κ2) is 10.1. The van der Waals surface area contributed by atoms with Crippen LogP contribution >= 0.6 is 34.9 Å². The first-order chi connectivity index (χ1) is 16.7. The number of carboxylic acid groups (broad SMARTS) is 2. The number of aryl methyl sites for hydroxylation is 1. The molecule has 4 rings (SSSR count). The van der Waals surface area contributed by atoms with E-state index in [0.29, 0.717) is 23.2 Å². The highest BCUT2D eigenvalue weighted by Gasteiger charge is 2.53. The van der Waals surface area contributed by atoms with Crippen LogP contribution in [-0.4, -0.2) is 61.7 Å². The number of pyridine rings is 1. The van der Waals surface area contributed by atoms with E-state index in [1.165, 1.54) is 28.9 Å². The molecule has 1 unspecified atom stereocenters. The molecule has 1 fully saturated rings. The number of hydrogen-bond donors (Lipinski definition) is 3. The molecule has 2 aromatic heterocycles. The molecule has 0 spiro atoms. The van der Waals surface area contributed by atoms with Gasteiger partial charge in [0.2, 0.25) is 0 Å². The standard InChI is InChI=1S/C21H19N5O6S3/c1-25-4-2-11(3-5-25)33-7-10-8-34-19-15(18(30)26(19)16(10)20(31)32)24-17(29)12(6-14(27)28)13-9-35-21(22)23-13/h2-6,9,15,19H,7-8H2,1H3,(H4-,22,23,24,27,28,29,31,32)/t15?,19-/m1/s1. The normalized spacial score (nSPS) is 19.7. The number of carbonyl (C=O) groups is 4. The van der Waals surface area contributed by atoms with Crippen LogP contribution in [0.5, 0.6) is 0 Å². The van der Waals surface area contributed by atoms with Gasteiger partial charge in [-0.1, -0.05) is 0 Å². The summed E-state index contributed by atoms with van der Waals surface area (Å²) in [5.41, 5.74) is 5.75. The summed E-state index contributed by atoms with van der Waals surface area (Å²) < 4.78 is 1.88. The van der Waals surface area contributed by atoms with E-state index in [9.17, 15) is 24.3 Å². The van der Waals surface area contributed by atoms with E-state index in [2.05, 4.69) is 10.3 Å². The lowest BCUT2D eigenvalue weighted by molar-refractivity contribution is -0.671. The Kier molecular flexibility index (Phi) is 7.14. The van der Waals surface area contributed by atoms with Crippen LogP contribution in [0.4, 0.5) is 5.13 Å². The Bertz CT molecular complexity index is 1270. The molecule has 2 aliphatic heterocycles. The lowest BCUT2D eigenvalue weighted by Gasteiger charge is -2.50. The number of carbonyl (C=O) groups excluding carboxylic acids is 3. The van der Waals surface area contributed by atoms with Gasteiger partial charge in [0, 0.05) is 40.0 Å². The fourth-order valence-electron chi connectivity index (χ4n) is 3.55. The molecule has 0 bridgehead atoms. The van der Waals surface area contributed by atoms with Gasteiger partial charge in [-0.05, 0) is 5.57 Å². The Morgan fingerprint density at radius 3 is 2.71 bits per heavy atom. The summed E-state index contributed by atoms with van der Waals surface area (Å²) >= 11 is 3.79. The molecule has 14 heteroatoms. The van der Waals surface area contributed by atoms with Gasteiger partial charge < -0.3 is 26.1 Å². The summed E-state index contributed by atoms with van der Waals surface area (Å²) in [5, 5.41) is 24.5. The maximum Gasteiger partial charge on any atom is 0.329 e. The number of nitrogens with one attached hydrogen (secondary N) is 1. The summed E-state index contributed by atoms with van der Waals surface area (Å²) in [6.45, 7) is 0. The van der Waals surface area contributed by atoms with Gasteiger partial charge in [0.15, 0.2) is 17.5 Å². The van der Waals surface area contributed by atoms with Crippen molar-refractivity contribution in [3.8, 4) is 0 Å². The molecule has 2 amide bonds. The number of amides is 2. The van der Waals surface area contributed by atoms with Gasteiger partial charge in [-0.3, -0.25) is 14.5 Å². The van der Waals surface area contributed by atoms with Gasteiger partial charge in [-0.2, -0.15) is 0 Å². The number of thiazole rings is 1. The first kappa shape index (κ1) is 24.8. The molecule has 11 nitrogen and oxygen atoms in total. The van der Waals surface area contributed by atoms with E-state index >= 15 is 0 Å². The third-order valence-electron chi connectivity index (χ3n) is 5.20. The van der Waals surface area contributed by atoms with Gasteiger partial charge in [0.05, 0.1) is 22.9 Å². The van der Waals surface area contributed by atoms with E-state index in [1.807, 2.05) is 36.1 Å². The summed E-state index contributed by atoms with van der Waals surface area (Å²) in [6.07, 6.45) is 4.44. The van der Waals surface area contributed by atoms with Crippen LogP contribution in [0.3, 0.4) is 0 Å². The van der Waals surface area contributed by atoms with E-state index < -0.39 is 35.2 Å². The predicted octanol–water partition coefficient (Wildman–Crippen LogP) is -0.786. The second-order valence-corrected chi connectivity index (χ2v) is 10.6. The summed E-state index contributed by atoms with van der Waals surface area (Å²) in [4.78, 5) is 54.9. The molecule has 1 saturated heterocycles. The van der Waals surface area contributed by atoms with Crippen molar-refractivity contribution < 1.29 is 34.0 Å². The number of carboxylic acids is 2. The van der Waals surface area contributed by atoms with E-state index in [1.54, 1.807) is 0 Å². The van der Waals surface area contributed by atoms with Crippen LogP contribution in [0, 0.1) is 0 Å². The Balaban J connectivity index is 1.50. The molecule has 35 heavy (non-hydrogen) atoms. The predicted molar refractivity (Wildman–Crippen MR) is 128 cm³/mol. The van der Waals surface area contributed by atoms with Gasteiger partial charge in [0.25, 0.3) is 11.8 Å². The Hall–Kier alpha value is -3.36. The quantitative estimate of drug-likeness (QED) is 0.169. The molecule has 0 radical (unpaired) electrons. The average molecular weight is 534 g/mol. The highest BCUT2D eigenvalue weighted by Crippen LogP contribution is 2.41. The molecule has 2 aliphatic rings. The molecule has 2 atom stereocenters. The third kappa shape index (κ3) is 5.18. The molecule has 182 valence electrons. The number of aliphatic carboxylic acids is 2. The Morgan fingerprint density at radius 2 is 2.11 bits per heavy atom. The van der Waals surface area contributed by atoms with Crippen molar-refractivity contribution in [3.63, 3.8) is 0 Å². The fourth-order valence-corrected chi connectivity index (χ4v) is 6.48. The van der Waals surface area contributed by atoms with E-state index in [0.717, 1.165) is 21.1 Å². The Morgan fingerprint density at radius 1 is 1.40 bits per heavy atom. The van der Waals surface area contributed by atoms with Gasteiger partial charge in [0.1, 0.15) is 18.5 Å². The number of hydrogen-bond acceptors (Lipinski definition) is 10. The van der Waals surface area contributed by atoms with Crippen LogP contribution in [-0.2, 0) is 26.2 Å². The number of fused-ring (bicyclic) bond motifs is 1. The molecule has 4 N–H and O–H groups in total. The number of nitrogen functional groups attached to an aromatic ring is 1. The topological polar surface area (TPSA) is 170 Å². The first-order valence-corrected chi connectivity index (χ1v) is 13.0. The van der Waals surface area contributed by atoms with E-state index in [-0.39, 0.29) is 22.1 Å². The number of anilines is 1. The van der Waals surface area contributed by atoms with Gasteiger partial charge in [-0.15, -0.1) is 34.9 Å². The van der Waals surface area contributed by atoms with Crippen LogP contribution in [0.25, 0.3) is 5.57 Å². The molecular weight excluding hydrogens is 514 g/mol. The summed E-state index contributed by atoms with van der Waals surface area (Å²) in [6, 6.07) is 2.78. The summed E-state index contributed by atoms with van der Waals surface area (Å²) in [7, 11) is 1.89. The molecule has 2 aromatic rings. The minimum absolute atomic E-state index is 0.0662. The third-order valence-corrected chi connectivity index (χ3v) is 8.31. The number of nitrogens with zero attached hydrogens (tertiary/aromatic N) is 3. The fraction of sp³-hybridized carbons (Fsp3) is 0.238. The van der Waals surface area contributed by atoms with Crippen molar-refractivity contribution in [2.45, 2.75) is 16.3 Å². The van der Waals surface area contributed by atoms with Crippen molar-refractivity contribution in [3.05, 3.63) is 52.9 Å². The lowest BCUT2D eigenvalue weighted by atomic mass is 10.0. The maximum atomic E-state index is 12.9. The SMILES string of the molecule is C[n+]1ccc(SCC2=C(C(=O)[O-])N3C(=O)C(NC(=O)C(=CC(=O)O)c4csc(N)n4)[C@H]3SC2)cc1. The minimum Gasteiger partial charge on any atom is -0.543 e. The van der Waals surface area contributed by atoms with Crippen molar-refractivity contribution >= 4 is 69.3 Å². The van der Waals surface area contributed by atoms with Crippen molar-refractivity contribution in [2.24, 2.45) is 7.05 Å². The van der Waals surface area contributed by atoms with Crippen molar-refractivity contribution in [2.75, 3.05) is 17.2 Å². The highest BCUT2D eigenvalue weighted by molar-refractivity contribution is 8.01. The van der Waals surface area contributed by atoms with Crippen LogP contribution < -0.4 is 20.7 Å². The number of rotatable bonds is 8. The average Bonchev–Trinajstić information content (AvgIpc) is 3.25. The molecule has 0 aliphatic carbocycles. The van der Waals surface area contributed by atoms with Crippen molar-refractivity contribution in [1.82, 2.24) is 15.2 Å². The van der Waals surface area contributed by atoms with Gasteiger partial charge in [-0.25, -0.2) is 14.3 Å². The lowest BCUT2D eigenvalue weighted by Crippen LogP contribution is -2.71. The smallest absolute Gasteiger partial charge is 0.329 e. The number of nitrogens with two attached hydrogens (primary N) is 1. The zero-order valence-electron chi connectivity index (χ0n) is 18.2. The maximum absolute atomic E-state index is 12.9. The first-order valence-electron chi connectivity index (χ1n) is 10.1. The number of thioether (sulfide) groups is 2. The molecule has 0 aromatic carbocycles. The largest absolute Gasteiger partial charge is 0.543 e.